The Labute approximate surface area is 237 Å². The average molecular weight is 544 g/mol. The molecular weight excluding hydrogens is 514 g/mol. The van der Waals surface area contributed by atoms with Gasteiger partial charge in [0.2, 0.25) is 0 Å². The Kier molecular flexibility index (Phi) is 6.35. The van der Waals surface area contributed by atoms with Crippen LogP contribution < -0.4 is 19.1 Å². The highest BCUT2D eigenvalue weighted by Crippen LogP contribution is 2.39. The minimum Gasteiger partial charge on any atom is -0.491 e. The van der Waals surface area contributed by atoms with Crippen molar-refractivity contribution in [2.75, 3.05) is 25.2 Å². The van der Waals surface area contributed by atoms with Gasteiger partial charge in [-0.3, -0.25) is 0 Å². The molecule has 0 amide bonds. The van der Waals surface area contributed by atoms with E-state index in [-0.39, 0.29) is 0 Å². The Morgan fingerprint density at radius 1 is 0.951 bits per heavy atom. The van der Waals surface area contributed by atoms with Gasteiger partial charge in [-0.05, 0) is 60.0 Å². The number of nitrogens with zero attached hydrogens (tertiary/aromatic N) is 4. The van der Waals surface area contributed by atoms with Crippen molar-refractivity contribution < 1.29 is 14.2 Å². The molecule has 0 unspecified atom stereocenters. The van der Waals surface area contributed by atoms with Crippen molar-refractivity contribution in [1.82, 2.24) is 19.9 Å². The molecule has 8 heteroatoms. The fourth-order valence-electron chi connectivity index (χ4n) is 5.44. The van der Waals surface area contributed by atoms with Crippen molar-refractivity contribution in [3.63, 3.8) is 0 Å². The molecule has 6 aromatic rings. The van der Waals surface area contributed by atoms with Gasteiger partial charge in [-0.2, -0.15) is 0 Å². The SMILES string of the molecule is COc1c(OCc2ccccc2)ccc2c(N3CCOc4ccc(-c5ccc6nc(C)[nH]c6c5)cc4C3)ncnc12. The van der Waals surface area contributed by atoms with Gasteiger partial charge in [0.25, 0.3) is 0 Å². The van der Waals surface area contributed by atoms with Crippen LogP contribution in [0.25, 0.3) is 33.1 Å². The lowest BCUT2D eigenvalue weighted by atomic mass is 10.0. The maximum atomic E-state index is 6.17. The molecule has 0 bridgehead atoms. The number of aryl methyl sites for hydroxylation is 1. The summed E-state index contributed by atoms with van der Waals surface area (Å²) in [6.07, 6.45) is 1.59. The Hall–Kier alpha value is -5.11. The highest BCUT2D eigenvalue weighted by atomic mass is 16.5. The van der Waals surface area contributed by atoms with E-state index in [1.165, 1.54) is 0 Å². The summed E-state index contributed by atoms with van der Waals surface area (Å²) in [6, 6.07) is 26.7. The van der Waals surface area contributed by atoms with E-state index < -0.39 is 0 Å². The predicted molar refractivity (Wildman–Crippen MR) is 160 cm³/mol. The number of ether oxygens (including phenoxy) is 3. The Morgan fingerprint density at radius 2 is 1.80 bits per heavy atom. The first kappa shape index (κ1) is 24.9. The molecule has 0 spiro atoms. The summed E-state index contributed by atoms with van der Waals surface area (Å²) in [4.78, 5) is 19.4. The van der Waals surface area contributed by atoms with Gasteiger partial charge in [0, 0.05) is 17.5 Å². The van der Waals surface area contributed by atoms with Crippen LogP contribution in [-0.2, 0) is 13.2 Å². The number of benzene rings is 4. The monoisotopic (exact) mass is 543 g/mol. The lowest BCUT2D eigenvalue weighted by Gasteiger charge is -2.23. The third-order valence-electron chi connectivity index (χ3n) is 7.42. The van der Waals surface area contributed by atoms with Crippen molar-refractivity contribution in [3.8, 4) is 28.4 Å². The van der Waals surface area contributed by atoms with Crippen LogP contribution in [0.5, 0.6) is 17.2 Å². The van der Waals surface area contributed by atoms with Crippen molar-refractivity contribution in [1.29, 1.82) is 0 Å². The number of methoxy groups -OCH3 is 1. The molecule has 0 saturated heterocycles. The first-order valence-corrected chi connectivity index (χ1v) is 13.6. The van der Waals surface area contributed by atoms with Crippen molar-refractivity contribution in [3.05, 3.63) is 102 Å². The molecule has 1 N–H and O–H groups in total. The van der Waals surface area contributed by atoms with Gasteiger partial charge >= 0.3 is 0 Å². The van der Waals surface area contributed by atoms with Gasteiger partial charge in [0.05, 0.1) is 24.7 Å². The molecule has 3 heterocycles. The molecule has 0 radical (unpaired) electrons. The molecule has 0 fully saturated rings. The van der Waals surface area contributed by atoms with Crippen LogP contribution in [-0.4, -0.2) is 40.2 Å². The van der Waals surface area contributed by atoms with Crippen molar-refractivity contribution in [2.24, 2.45) is 0 Å². The molecule has 204 valence electrons. The molecule has 7 rings (SSSR count). The van der Waals surface area contributed by atoms with E-state index in [0.717, 1.165) is 56.1 Å². The van der Waals surface area contributed by atoms with Crippen molar-refractivity contribution in [2.45, 2.75) is 20.1 Å². The molecule has 0 atom stereocenters. The number of imidazole rings is 1. The fraction of sp³-hybridized carbons (Fsp3) is 0.182. The minimum absolute atomic E-state index is 0.441. The maximum absolute atomic E-state index is 6.17. The Balaban J connectivity index is 1.21. The zero-order valence-corrected chi connectivity index (χ0v) is 22.9. The number of aromatic amines is 1. The smallest absolute Gasteiger partial charge is 0.187 e. The second kappa shape index (κ2) is 10.5. The second-order valence-corrected chi connectivity index (χ2v) is 10.1. The number of H-pyrrole nitrogens is 1. The summed E-state index contributed by atoms with van der Waals surface area (Å²) in [5.74, 6) is 3.88. The Bertz CT molecular complexity index is 1870. The van der Waals surface area contributed by atoms with Crippen LogP contribution >= 0.6 is 0 Å². The van der Waals surface area contributed by atoms with Crippen LogP contribution in [0.2, 0.25) is 0 Å². The van der Waals surface area contributed by atoms with E-state index >= 15 is 0 Å². The van der Waals surface area contributed by atoms with Gasteiger partial charge in [-0.25, -0.2) is 15.0 Å². The molecule has 4 aromatic carbocycles. The fourth-order valence-corrected chi connectivity index (χ4v) is 5.44. The van der Waals surface area contributed by atoms with Crippen molar-refractivity contribution >= 4 is 27.8 Å². The molecule has 1 aliphatic heterocycles. The molecule has 0 saturated carbocycles. The van der Waals surface area contributed by atoms with Gasteiger partial charge in [0.1, 0.15) is 42.4 Å². The molecule has 8 nitrogen and oxygen atoms in total. The Morgan fingerprint density at radius 3 is 2.68 bits per heavy atom. The number of anilines is 1. The summed E-state index contributed by atoms with van der Waals surface area (Å²) < 4.78 is 18.1. The van der Waals surface area contributed by atoms with E-state index in [0.29, 0.717) is 43.3 Å². The summed E-state index contributed by atoms with van der Waals surface area (Å²) in [5, 5.41) is 0.899. The lowest BCUT2D eigenvalue weighted by Crippen LogP contribution is -2.26. The third-order valence-corrected chi connectivity index (χ3v) is 7.42. The topological polar surface area (TPSA) is 85.4 Å². The zero-order chi connectivity index (χ0) is 27.8. The summed E-state index contributed by atoms with van der Waals surface area (Å²) in [7, 11) is 1.64. The number of fused-ring (bicyclic) bond motifs is 3. The van der Waals surface area contributed by atoms with Gasteiger partial charge in [-0.1, -0.05) is 42.5 Å². The molecule has 0 aliphatic carbocycles. The molecule has 41 heavy (non-hydrogen) atoms. The maximum Gasteiger partial charge on any atom is 0.187 e. The highest BCUT2D eigenvalue weighted by molar-refractivity contribution is 5.95. The normalized spacial score (nSPS) is 13.1. The van der Waals surface area contributed by atoms with Crippen LogP contribution in [0.4, 0.5) is 5.82 Å². The summed E-state index contributed by atoms with van der Waals surface area (Å²) in [6.45, 7) is 4.29. The largest absolute Gasteiger partial charge is 0.491 e. The first-order chi connectivity index (χ1) is 20.2. The number of rotatable bonds is 6. The van der Waals surface area contributed by atoms with Gasteiger partial charge < -0.3 is 24.1 Å². The number of aromatic nitrogens is 4. The average Bonchev–Trinajstić information content (AvgIpc) is 3.25. The first-order valence-electron chi connectivity index (χ1n) is 13.6. The van der Waals surface area contributed by atoms with E-state index in [1.807, 2.05) is 49.4 Å². The van der Waals surface area contributed by atoms with Crippen LogP contribution in [0, 0.1) is 6.92 Å². The second-order valence-electron chi connectivity index (χ2n) is 10.1. The number of nitrogens with one attached hydrogen (secondary N) is 1. The summed E-state index contributed by atoms with van der Waals surface area (Å²) >= 11 is 0. The lowest BCUT2D eigenvalue weighted by molar-refractivity contribution is 0.286. The van der Waals surface area contributed by atoms with Crippen LogP contribution in [0.1, 0.15) is 17.0 Å². The van der Waals surface area contributed by atoms with E-state index in [1.54, 1.807) is 13.4 Å². The molecule has 1 aliphatic rings. The quantitative estimate of drug-likeness (QED) is 0.258. The van der Waals surface area contributed by atoms with Gasteiger partial charge in [-0.15, -0.1) is 0 Å². The third kappa shape index (κ3) is 4.78. The minimum atomic E-state index is 0.441. The number of hydrogen-bond donors (Lipinski definition) is 1. The van der Waals surface area contributed by atoms with E-state index in [2.05, 4.69) is 56.3 Å². The highest BCUT2D eigenvalue weighted by Gasteiger charge is 2.22. The molecule has 2 aromatic heterocycles. The standard InChI is InChI=1S/C33H29N5O3/c1-21-36-27-11-8-24(17-28(27)37-21)23-9-12-29-25(16-23)18-38(14-15-40-29)33-26-10-13-30(32(39-2)31(26)34-20-35-33)41-19-22-6-4-3-5-7-22/h3-13,16-17,20H,14-15,18-19H2,1-2H3,(H,36,37). The molecular formula is C33H29N5O3. The van der Waals surface area contributed by atoms with Crippen LogP contribution in [0.15, 0.2) is 85.2 Å². The summed E-state index contributed by atoms with van der Waals surface area (Å²) in [5.41, 5.74) is 7.14. The predicted octanol–water partition coefficient (Wildman–Crippen LogP) is 6.47. The number of hydrogen-bond acceptors (Lipinski definition) is 7. The zero-order valence-electron chi connectivity index (χ0n) is 22.9. The van der Waals surface area contributed by atoms with E-state index in [4.69, 9.17) is 19.2 Å². The van der Waals surface area contributed by atoms with Crippen LogP contribution in [0.3, 0.4) is 0 Å². The van der Waals surface area contributed by atoms with E-state index in [9.17, 15) is 0 Å². The van der Waals surface area contributed by atoms with Gasteiger partial charge in [0.15, 0.2) is 11.5 Å².